The molecule has 0 heterocycles. The largest absolute Gasteiger partial charge is 0.351 e. The molecule has 0 unspecified atom stereocenters. The lowest BCUT2D eigenvalue weighted by Crippen LogP contribution is -2.26. The lowest BCUT2D eigenvalue weighted by molar-refractivity contribution is -0.384. The van der Waals surface area contributed by atoms with Crippen LogP contribution in [0.1, 0.15) is 10.4 Å². The molecule has 0 radical (unpaired) electrons. The molecule has 7 heteroatoms. The molecule has 1 aromatic rings. The number of halogens is 1. The molecule has 0 aliphatic carbocycles. The molecule has 1 N–H and O–H groups in total. The highest BCUT2D eigenvalue weighted by molar-refractivity contribution is 9.10. The van der Waals surface area contributed by atoms with Gasteiger partial charge in [0.15, 0.2) is 0 Å². The smallest absolute Gasteiger partial charge is 0.270 e. The Morgan fingerprint density at radius 3 is 2.95 bits per heavy atom. The number of nitrogens with one attached hydrogen (secondary N) is 1. The highest BCUT2D eigenvalue weighted by atomic mass is 79.9. The molecule has 1 rings (SSSR count). The third-order valence-electron chi connectivity index (χ3n) is 2.12. The van der Waals surface area contributed by atoms with Crippen molar-refractivity contribution in [1.82, 2.24) is 5.32 Å². The summed E-state index contributed by atoms with van der Waals surface area (Å²) < 4.78 is 0.520. The fraction of sp³-hybridized carbons (Fsp3) is 0.250. The molecule has 0 fully saturated rings. The van der Waals surface area contributed by atoms with Crippen molar-refractivity contribution in [2.45, 2.75) is 0 Å². The van der Waals surface area contributed by atoms with E-state index in [-0.39, 0.29) is 17.2 Å². The summed E-state index contributed by atoms with van der Waals surface area (Å²) >= 11 is 4.73. The first-order valence-corrected chi connectivity index (χ1v) is 7.24. The van der Waals surface area contributed by atoms with Crippen molar-refractivity contribution in [2.24, 2.45) is 0 Å². The molecular formula is C12H11BrN2O3S. The maximum Gasteiger partial charge on any atom is 0.270 e. The molecule has 19 heavy (non-hydrogen) atoms. The minimum Gasteiger partial charge on any atom is -0.351 e. The first-order valence-electron chi connectivity index (χ1n) is 5.29. The number of amides is 1. The van der Waals surface area contributed by atoms with Crippen LogP contribution in [0, 0.1) is 22.5 Å². The zero-order valence-corrected chi connectivity index (χ0v) is 12.3. The summed E-state index contributed by atoms with van der Waals surface area (Å²) in [6.45, 7) is 0.459. The molecule has 0 aliphatic heterocycles. The monoisotopic (exact) mass is 342 g/mol. The van der Waals surface area contributed by atoms with E-state index in [0.717, 1.165) is 0 Å². The minimum absolute atomic E-state index is 0.116. The highest BCUT2D eigenvalue weighted by Gasteiger charge is 2.14. The summed E-state index contributed by atoms with van der Waals surface area (Å²) in [4.78, 5) is 22.0. The van der Waals surface area contributed by atoms with Gasteiger partial charge in [0, 0.05) is 28.9 Å². The number of thioether (sulfide) groups is 1. The van der Waals surface area contributed by atoms with Crippen molar-refractivity contribution >= 4 is 39.3 Å². The molecule has 1 amide bonds. The average Bonchev–Trinajstić information content (AvgIpc) is 2.38. The second-order valence-electron chi connectivity index (χ2n) is 3.43. The zero-order valence-electron chi connectivity index (χ0n) is 9.89. The van der Waals surface area contributed by atoms with Crippen LogP contribution >= 0.6 is 27.7 Å². The van der Waals surface area contributed by atoms with Gasteiger partial charge in [-0.1, -0.05) is 5.92 Å². The molecule has 100 valence electrons. The summed E-state index contributed by atoms with van der Waals surface area (Å²) in [5, 5.41) is 13.3. The number of hydrogen-bond donors (Lipinski definition) is 1. The Labute approximate surface area is 123 Å². The summed E-state index contributed by atoms with van der Waals surface area (Å²) in [5.74, 6) is 3.42. The van der Waals surface area contributed by atoms with Crippen LogP contribution in [0.4, 0.5) is 5.69 Å². The predicted octanol–water partition coefficient (Wildman–Crippen LogP) is 2.45. The van der Waals surface area contributed by atoms with Gasteiger partial charge in [0.25, 0.3) is 11.6 Å². The van der Waals surface area contributed by atoms with Crippen LogP contribution in [-0.2, 0) is 0 Å². The quantitative estimate of drug-likeness (QED) is 0.373. The Bertz CT molecular complexity index is 528. The SMILES string of the molecule is C#CCSCCNC(=O)c1cc([N+](=O)[O-])ccc1Br. The Morgan fingerprint density at radius 2 is 2.32 bits per heavy atom. The molecule has 0 saturated heterocycles. The van der Waals surface area contributed by atoms with E-state index in [1.54, 1.807) is 0 Å². The fourth-order valence-electron chi connectivity index (χ4n) is 1.26. The molecule has 0 aromatic heterocycles. The topological polar surface area (TPSA) is 72.2 Å². The van der Waals surface area contributed by atoms with E-state index in [9.17, 15) is 14.9 Å². The first-order chi connectivity index (χ1) is 9.06. The molecule has 0 spiro atoms. The van der Waals surface area contributed by atoms with Gasteiger partial charge >= 0.3 is 0 Å². The summed E-state index contributed by atoms with van der Waals surface area (Å²) in [6.07, 6.45) is 5.10. The molecule has 0 atom stereocenters. The number of nitro groups is 1. The van der Waals surface area contributed by atoms with Gasteiger partial charge in [-0.15, -0.1) is 18.2 Å². The summed E-state index contributed by atoms with van der Waals surface area (Å²) in [5.41, 5.74) is 0.131. The predicted molar refractivity (Wildman–Crippen MR) is 79.3 cm³/mol. The van der Waals surface area contributed by atoms with Gasteiger partial charge < -0.3 is 5.32 Å². The lowest BCUT2D eigenvalue weighted by Gasteiger charge is -2.06. The van der Waals surface area contributed by atoms with Gasteiger partial charge in [-0.3, -0.25) is 14.9 Å². The van der Waals surface area contributed by atoms with Gasteiger partial charge in [0.05, 0.1) is 16.2 Å². The van der Waals surface area contributed by atoms with E-state index in [4.69, 9.17) is 6.42 Å². The summed E-state index contributed by atoms with van der Waals surface area (Å²) in [7, 11) is 0. The van der Waals surface area contributed by atoms with Crippen LogP contribution < -0.4 is 5.32 Å². The molecule has 0 saturated carbocycles. The van der Waals surface area contributed by atoms with E-state index in [0.29, 0.717) is 22.5 Å². The van der Waals surface area contributed by atoms with Crippen molar-refractivity contribution in [3.8, 4) is 12.3 Å². The third-order valence-corrected chi connectivity index (χ3v) is 3.68. The second-order valence-corrected chi connectivity index (χ2v) is 5.39. The number of carbonyl (C=O) groups excluding carboxylic acids is 1. The molecule has 1 aromatic carbocycles. The number of carbonyl (C=O) groups is 1. The van der Waals surface area contributed by atoms with Gasteiger partial charge in [0.2, 0.25) is 0 Å². The van der Waals surface area contributed by atoms with E-state index in [1.165, 1.54) is 30.0 Å². The van der Waals surface area contributed by atoms with E-state index >= 15 is 0 Å². The van der Waals surface area contributed by atoms with Crippen LogP contribution in [0.25, 0.3) is 0 Å². The number of benzene rings is 1. The number of nitrogens with zero attached hydrogens (tertiary/aromatic N) is 1. The van der Waals surface area contributed by atoms with Crippen LogP contribution in [0.15, 0.2) is 22.7 Å². The molecule has 5 nitrogen and oxygen atoms in total. The number of terminal acetylenes is 1. The second kappa shape index (κ2) is 7.81. The Balaban J connectivity index is 2.64. The van der Waals surface area contributed by atoms with Gasteiger partial charge in [0.1, 0.15) is 0 Å². The van der Waals surface area contributed by atoms with E-state index in [2.05, 4.69) is 27.2 Å². The number of nitro benzene ring substituents is 1. The zero-order chi connectivity index (χ0) is 14.3. The average molecular weight is 343 g/mol. The van der Waals surface area contributed by atoms with Crippen LogP contribution in [0.5, 0.6) is 0 Å². The van der Waals surface area contributed by atoms with Crippen LogP contribution in [0.2, 0.25) is 0 Å². The van der Waals surface area contributed by atoms with Crippen LogP contribution in [0.3, 0.4) is 0 Å². The van der Waals surface area contributed by atoms with Gasteiger partial charge in [-0.2, -0.15) is 0 Å². The van der Waals surface area contributed by atoms with Crippen molar-refractivity contribution in [1.29, 1.82) is 0 Å². The molecular weight excluding hydrogens is 332 g/mol. The Hall–Kier alpha value is -1.52. The third kappa shape index (κ3) is 4.93. The van der Waals surface area contributed by atoms with Crippen LogP contribution in [-0.4, -0.2) is 28.9 Å². The van der Waals surface area contributed by atoms with Gasteiger partial charge in [-0.25, -0.2) is 0 Å². The number of rotatable bonds is 6. The maximum absolute atomic E-state index is 11.9. The first kappa shape index (κ1) is 15.5. The van der Waals surface area contributed by atoms with Crippen molar-refractivity contribution < 1.29 is 9.72 Å². The van der Waals surface area contributed by atoms with Crippen molar-refractivity contribution in [3.63, 3.8) is 0 Å². The lowest BCUT2D eigenvalue weighted by atomic mass is 10.2. The van der Waals surface area contributed by atoms with Crippen molar-refractivity contribution in [3.05, 3.63) is 38.3 Å². The standard InChI is InChI=1S/C12H11BrN2O3S/c1-2-6-19-7-5-14-12(16)10-8-9(15(17)18)3-4-11(10)13/h1,3-4,8H,5-7H2,(H,14,16). The van der Waals surface area contributed by atoms with Gasteiger partial charge in [-0.05, 0) is 22.0 Å². The number of hydrogen-bond acceptors (Lipinski definition) is 4. The fourth-order valence-corrected chi connectivity index (χ4v) is 2.20. The summed E-state index contributed by atoms with van der Waals surface area (Å²) in [6, 6.07) is 4.07. The maximum atomic E-state index is 11.9. The van der Waals surface area contributed by atoms with Crippen molar-refractivity contribution in [2.75, 3.05) is 18.1 Å². The normalized spacial score (nSPS) is 9.68. The highest BCUT2D eigenvalue weighted by Crippen LogP contribution is 2.22. The Morgan fingerprint density at radius 1 is 1.58 bits per heavy atom. The van der Waals surface area contributed by atoms with E-state index < -0.39 is 4.92 Å². The molecule has 0 bridgehead atoms. The Kier molecular flexibility index (Phi) is 6.39. The molecule has 0 aliphatic rings. The van der Waals surface area contributed by atoms with E-state index in [1.807, 2.05) is 0 Å². The number of non-ortho nitro benzene ring substituents is 1. The minimum atomic E-state index is -0.536.